The molecule has 106 valence electrons. The van der Waals surface area contributed by atoms with Gasteiger partial charge in [0.15, 0.2) is 6.23 Å². The van der Waals surface area contributed by atoms with Gasteiger partial charge in [-0.1, -0.05) is 13.8 Å². The van der Waals surface area contributed by atoms with Crippen LogP contribution in [0.25, 0.3) is 0 Å². The Morgan fingerprint density at radius 2 is 1.78 bits per heavy atom. The Kier molecular flexibility index (Phi) is 6.51. The Morgan fingerprint density at radius 1 is 1.28 bits per heavy atom. The summed E-state index contributed by atoms with van der Waals surface area (Å²) in [4.78, 5) is 11.7. The van der Waals surface area contributed by atoms with Gasteiger partial charge in [-0.05, 0) is 32.3 Å². The third-order valence-electron chi connectivity index (χ3n) is 2.77. The number of esters is 1. The van der Waals surface area contributed by atoms with Crippen molar-refractivity contribution in [3.63, 3.8) is 0 Å². The van der Waals surface area contributed by atoms with E-state index >= 15 is 0 Å². The lowest BCUT2D eigenvalue weighted by molar-refractivity contribution is -0.144. The van der Waals surface area contributed by atoms with Crippen molar-refractivity contribution in [1.29, 1.82) is 0 Å². The molecule has 0 amide bonds. The van der Waals surface area contributed by atoms with E-state index in [4.69, 9.17) is 15.0 Å². The average Bonchev–Trinajstić information content (AvgIpc) is 2.26. The lowest BCUT2D eigenvalue weighted by atomic mass is 10.1. The van der Waals surface area contributed by atoms with Gasteiger partial charge in [-0.2, -0.15) is 8.42 Å². The van der Waals surface area contributed by atoms with Crippen molar-refractivity contribution < 1.29 is 22.5 Å². The maximum Gasteiger partial charge on any atom is 0.335 e. The van der Waals surface area contributed by atoms with Crippen LogP contribution in [0.3, 0.4) is 0 Å². The van der Waals surface area contributed by atoms with E-state index in [1.165, 1.54) is 13.8 Å². The molecule has 0 heterocycles. The van der Waals surface area contributed by atoms with Gasteiger partial charge in [0.1, 0.15) is 5.25 Å². The number of hydrogen-bond donors (Lipinski definition) is 2. The molecule has 2 atom stereocenters. The normalized spacial score (nSPS) is 16.8. The van der Waals surface area contributed by atoms with E-state index in [-0.39, 0.29) is 17.6 Å². The highest BCUT2D eigenvalue weighted by Gasteiger charge is 2.26. The highest BCUT2D eigenvalue weighted by Crippen LogP contribution is 2.19. The molecule has 0 spiro atoms. The van der Waals surface area contributed by atoms with Gasteiger partial charge >= 0.3 is 5.97 Å². The van der Waals surface area contributed by atoms with E-state index in [1.807, 2.05) is 0 Å². The van der Waals surface area contributed by atoms with Crippen molar-refractivity contribution in [2.24, 2.45) is 5.73 Å². The summed E-state index contributed by atoms with van der Waals surface area (Å²) in [6, 6.07) is 0. The van der Waals surface area contributed by atoms with E-state index in [2.05, 4.69) is 0 Å². The predicted molar refractivity (Wildman–Crippen MR) is 68.4 cm³/mol. The van der Waals surface area contributed by atoms with Gasteiger partial charge in [0.2, 0.25) is 0 Å². The number of hydrogen-bond acceptors (Lipinski definition) is 5. The van der Waals surface area contributed by atoms with Gasteiger partial charge in [0.05, 0.1) is 0 Å². The Balaban J connectivity index is 5.16. The van der Waals surface area contributed by atoms with Crippen LogP contribution < -0.4 is 5.73 Å². The molecule has 0 aromatic rings. The number of ether oxygens (including phenoxy) is 1. The Hall–Kier alpha value is -0.920. The first-order valence-electron chi connectivity index (χ1n) is 5.75. The Labute approximate surface area is 108 Å². The first-order chi connectivity index (χ1) is 8.15. The number of nitrogens with two attached hydrogens (primary N) is 1. The van der Waals surface area contributed by atoms with Gasteiger partial charge in [-0.3, -0.25) is 10.3 Å². The van der Waals surface area contributed by atoms with Gasteiger partial charge < -0.3 is 4.74 Å². The van der Waals surface area contributed by atoms with Crippen LogP contribution in [0.5, 0.6) is 0 Å². The minimum absolute atomic E-state index is 0.156. The summed E-state index contributed by atoms with van der Waals surface area (Å²) in [5, 5.41) is -1.09. The summed E-state index contributed by atoms with van der Waals surface area (Å²) in [7, 11) is -4.22. The summed E-state index contributed by atoms with van der Waals surface area (Å²) < 4.78 is 36.3. The minimum Gasteiger partial charge on any atom is -0.443 e. The zero-order chi connectivity index (χ0) is 14.5. The van der Waals surface area contributed by atoms with E-state index in [9.17, 15) is 13.2 Å². The molecule has 0 fully saturated rings. The topological polar surface area (TPSA) is 107 Å². The lowest BCUT2D eigenvalue weighted by Gasteiger charge is -2.16. The summed E-state index contributed by atoms with van der Waals surface area (Å²) >= 11 is 0. The highest BCUT2D eigenvalue weighted by atomic mass is 32.2. The lowest BCUT2D eigenvalue weighted by Crippen LogP contribution is -2.28. The Morgan fingerprint density at radius 3 is 2.11 bits per heavy atom. The molecule has 0 aliphatic rings. The van der Waals surface area contributed by atoms with E-state index in [0.717, 1.165) is 0 Å². The number of carbonyl (C=O) groups excluding carboxylic acids is 1. The molecule has 0 aliphatic carbocycles. The van der Waals surface area contributed by atoms with Gasteiger partial charge in [0.25, 0.3) is 10.1 Å². The van der Waals surface area contributed by atoms with Crippen LogP contribution in [0, 0.1) is 0 Å². The van der Waals surface area contributed by atoms with Crippen molar-refractivity contribution in [2.45, 2.75) is 52.0 Å². The molecule has 0 aromatic heterocycles. The largest absolute Gasteiger partial charge is 0.443 e. The van der Waals surface area contributed by atoms with Crippen LogP contribution >= 0.6 is 0 Å². The molecule has 7 heteroatoms. The van der Waals surface area contributed by atoms with Crippen LogP contribution in [0.4, 0.5) is 0 Å². The van der Waals surface area contributed by atoms with Gasteiger partial charge in [-0.25, -0.2) is 4.79 Å². The minimum atomic E-state index is -4.22. The van der Waals surface area contributed by atoms with Crippen molar-refractivity contribution in [1.82, 2.24) is 0 Å². The fraction of sp³-hybridized carbons (Fsp3) is 0.727. The Bertz CT molecular complexity index is 427. The second-order valence-electron chi connectivity index (χ2n) is 4.07. The van der Waals surface area contributed by atoms with Gasteiger partial charge in [-0.15, -0.1) is 0 Å². The van der Waals surface area contributed by atoms with E-state index in [0.29, 0.717) is 6.42 Å². The number of rotatable bonds is 6. The quantitative estimate of drug-likeness (QED) is 0.328. The third-order valence-corrected chi connectivity index (χ3v) is 4.18. The zero-order valence-corrected chi connectivity index (χ0v) is 12.0. The third kappa shape index (κ3) is 4.75. The molecule has 0 aliphatic heterocycles. The molecule has 0 saturated heterocycles. The zero-order valence-electron chi connectivity index (χ0n) is 11.1. The first kappa shape index (κ1) is 17.1. The monoisotopic (exact) mass is 279 g/mol. The second-order valence-corrected chi connectivity index (χ2v) is 5.67. The van der Waals surface area contributed by atoms with E-state index in [1.54, 1.807) is 13.8 Å². The van der Waals surface area contributed by atoms with Crippen LogP contribution in [0.15, 0.2) is 11.1 Å². The molecular weight excluding hydrogens is 258 g/mol. The van der Waals surface area contributed by atoms with Crippen LogP contribution in [-0.2, 0) is 19.6 Å². The molecule has 0 saturated carbocycles. The standard InChI is InChI=1S/C11H21NO5S/c1-5-9(18(14,15)16)7(3)8(4)11(13)17-10(12)6-2/h9-10H,5-6,12H2,1-4H3,(H,14,15,16)/b8-7+. The molecule has 0 aromatic carbocycles. The molecule has 3 N–H and O–H groups in total. The smallest absolute Gasteiger partial charge is 0.335 e. The van der Waals surface area contributed by atoms with Crippen molar-refractivity contribution >= 4 is 16.1 Å². The summed E-state index contributed by atoms with van der Waals surface area (Å²) in [6.07, 6.45) is -0.0751. The molecule has 0 bridgehead atoms. The van der Waals surface area contributed by atoms with Gasteiger partial charge in [0, 0.05) is 5.57 Å². The summed E-state index contributed by atoms with van der Waals surface area (Å²) in [5.74, 6) is -0.663. The summed E-state index contributed by atoms with van der Waals surface area (Å²) in [6.45, 7) is 6.30. The molecule has 18 heavy (non-hydrogen) atoms. The molecule has 6 nitrogen and oxygen atoms in total. The first-order valence-corrected chi connectivity index (χ1v) is 7.25. The molecule has 2 unspecified atom stereocenters. The van der Waals surface area contributed by atoms with E-state index < -0.39 is 27.6 Å². The van der Waals surface area contributed by atoms with Crippen molar-refractivity contribution in [2.75, 3.05) is 0 Å². The summed E-state index contributed by atoms with van der Waals surface area (Å²) in [5.41, 5.74) is 5.90. The fourth-order valence-electron chi connectivity index (χ4n) is 1.45. The predicted octanol–water partition coefficient (Wildman–Crippen LogP) is 1.23. The van der Waals surface area contributed by atoms with Crippen molar-refractivity contribution in [3.8, 4) is 0 Å². The maximum absolute atomic E-state index is 11.7. The van der Waals surface area contributed by atoms with Crippen molar-refractivity contribution in [3.05, 3.63) is 11.1 Å². The van der Waals surface area contributed by atoms with Crippen LogP contribution in [-0.4, -0.2) is 30.4 Å². The fourth-order valence-corrected chi connectivity index (χ4v) is 2.50. The number of carbonyl (C=O) groups is 1. The average molecular weight is 279 g/mol. The molecule has 0 rings (SSSR count). The highest BCUT2D eigenvalue weighted by molar-refractivity contribution is 7.86. The van der Waals surface area contributed by atoms with Crippen LogP contribution in [0.2, 0.25) is 0 Å². The molecular formula is C11H21NO5S. The maximum atomic E-state index is 11.7. The second kappa shape index (κ2) is 6.86. The molecule has 0 radical (unpaired) electrons. The SMILES string of the molecule is CCC(N)OC(=O)/C(C)=C(\C)C(CC)S(=O)(=O)O. The van der Waals surface area contributed by atoms with Crippen LogP contribution in [0.1, 0.15) is 40.5 Å².